The molecule has 0 unspecified atom stereocenters. The number of ether oxygens (including phenoxy) is 2. The maximum Gasteiger partial charge on any atom is 0.322 e. The second-order valence-electron chi connectivity index (χ2n) is 8.81. The van der Waals surface area contributed by atoms with Gasteiger partial charge in [0, 0.05) is 67.1 Å². The van der Waals surface area contributed by atoms with Crippen molar-refractivity contribution in [2.75, 3.05) is 45.7 Å². The number of alkyl halides is 1. The minimum atomic E-state index is -0.813. The van der Waals surface area contributed by atoms with Gasteiger partial charge in [0.1, 0.15) is 11.8 Å². The van der Waals surface area contributed by atoms with Gasteiger partial charge in [0.15, 0.2) is 23.1 Å². The number of nitrogens with one attached hydrogen (secondary N) is 2. The standard InChI is InChI=1S/C24H26F3N5O3/c1-34-18-8-19(35-2)21(27)16(20(18)26)4-6-32-10-13-9-28-23-17(22(13)30-24(32)33)7-15(29-23)3-5-31-11-14(25)12-31/h7-9,14H,3-6,10-12H2,1-2H3,(H,28,29)(H,30,33). The third-order valence-corrected chi connectivity index (χ3v) is 6.58. The first-order valence-electron chi connectivity index (χ1n) is 11.4. The van der Waals surface area contributed by atoms with Crippen LogP contribution in [0, 0.1) is 11.6 Å². The molecule has 11 heteroatoms. The molecule has 2 amide bonds. The summed E-state index contributed by atoms with van der Waals surface area (Å²) in [6, 6.07) is 2.75. The molecular weight excluding hydrogens is 463 g/mol. The van der Waals surface area contributed by atoms with Gasteiger partial charge in [-0.1, -0.05) is 0 Å². The van der Waals surface area contributed by atoms with Crippen molar-refractivity contribution in [2.24, 2.45) is 0 Å². The Hall–Kier alpha value is -3.47. The number of aromatic amines is 1. The molecule has 2 aliphatic heterocycles. The first-order valence-corrected chi connectivity index (χ1v) is 11.4. The van der Waals surface area contributed by atoms with Crippen molar-refractivity contribution in [3.8, 4) is 11.5 Å². The zero-order valence-electron chi connectivity index (χ0n) is 19.5. The second kappa shape index (κ2) is 9.29. The van der Waals surface area contributed by atoms with E-state index < -0.39 is 17.8 Å². The van der Waals surface area contributed by atoms with Gasteiger partial charge in [-0.05, 0) is 12.5 Å². The first kappa shape index (κ1) is 23.3. The van der Waals surface area contributed by atoms with Crippen molar-refractivity contribution in [3.05, 3.63) is 46.8 Å². The van der Waals surface area contributed by atoms with E-state index in [9.17, 15) is 18.0 Å². The zero-order chi connectivity index (χ0) is 24.7. The maximum absolute atomic E-state index is 14.7. The van der Waals surface area contributed by atoms with Crippen LogP contribution in [0.1, 0.15) is 16.8 Å². The number of nitrogens with zero attached hydrogens (tertiary/aromatic N) is 3. The number of carbonyl (C=O) groups is 1. The Morgan fingerprint density at radius 1 is 1.09 bits per heavy atom. The van der Waals surface area contributed by atoms with Crippen LogP contribution in [0.4, 0.5) is 23.7 Å². The average Bonchev–Trinajstić information content (AvgIpc) is 3.25. The van der Waals surface area contributed by atoms with Crippen molar-refractivity contribution in [1.29, 1.82) is 0 Å². The summed E-state index contributed by atoms with van der Waals surface area (Å²) < 4.78 is 52.4. The van der Waals surface area contributed by atoms with Crippen molar-refractivity contribution >= 4 is 22.8 Å². The summed E-state index contributed by atoms with van der Waals surface area (Å²) in [5, 5.41) is 3.70. The SMILES string of the molecule is COc1cc(OC)c(F)c(CCN2Cc3cnc4[nH]c(CCN5CC(F)C5)cc4c3NC2=O)c1F. The number of rotatable bonds is 8. The van der Waals surface area contributed by atoms with Crippen molar-refractivity contribution in [3.63, 3.8) is 0 Å². The topological polar surface area (TPSA) is 82.7 Å². The summed E-state index contributed by atoms with van der Waals surface area (Å²) >= 11 is 0. The van der Waals surface area contributed by atoms with E-state index in [0.717, 1.165) is 35.7 Å². The van der Waals surface area contributed by atoms with E-state index in [2.05, 4.69) is 15.3 Å². The van der Waals surface area contributed by atoms with Crippen LogP contribution in [0.2, 0.25) is 0 Å². The summed E-state index contributed by atoms with van der Waals surface area (Å²) in [5.41, 5.74) is 2.89. The quantitative estimate of drug-likeness (QED) is 0.505. The van der Waals surface area contributed by atoms with Crippen LogP contribution in [0.5, 0.6) is 11.5 Å². The lowest BCUT2D eigenvalue weighted by Gasteiger charge is -2.33. The number of urea groups is 1. The molecule has 1 saturated heterocycles. The van der Waals surface area contributed by atoms with Crippen LogP contribution >= 0.6 is 0 Å². The number of likely N-dealkylation sites (tertiary alicyclic amines) is 1. The zero-order valence-corrected chi connectivity index (χ0v) is 19.5. The van der Waals surface area contributed by atoms with E-state index in [1.807, 2.05) is 11.0 Å². The van der Waals surface area contributed by atoms with E-state index in [-0.39, 0.29) is 42.6 Å². The highest BCUT2D eigenvalue weighted by atomic mass is 19.1. The van der Waals surface area contributed by atoms with Crippen molar-refractivity contribution in [1.82, 2.24) is 19.8 Å². The number of anilines is 1. The van der Waals surface area contributed by atoms with Crippen LogP contribution in [-0.2, 0) is 19.4 Å². The van der Waals surface area contributed by atoms with Gasteiger partial charge in [-0.2, -0.15) is 0 Å². The number of hydrogen-bond acceptors (Lipinski definition) is 5. The Morgan fingerprint density at radius 2 is 1.80 bits per heavy atom. The lowest BCUT2D eigenvalue weighted by molar-refractivity contribution is 0.0668. The van der Waals surface area contributed by atoms with Gasteiger partial charge in [-0.15, -0.1) is 0 Å². The van der Waals surface area contributed by atoms with Crippen LogP contribution < -0.4 is 14.8 Å². The molecule has 0 spiro atoms. The van der Waals surface area contributed by atoms with Crippen LogP contribution in [-0.4, -0.2) is 72.4 Å². The molecule has 1 aromatic carbocycles. The number of halogens is 3. The Kier molecular flexibility index (Phi) is 6.18. The molecule has 0 bridgehead atoms. The molecule has 2 N–H and O–H groups in total. The molecule has 2 aliphatic rings. The van der Waals surface area contributed by atoms with E-state index in [1.54, 1.807) is 6.20 Å². The Morgan fingerprint density at radius 3 is 2.46 bits per heavy atom. The Bertz CT molecular complexity index is 1250. The lowest BCUT2D eigenvalue weighted by atomic mass is 10.1. The van der Waals surface area contributed by atoms with Gasteiger partial charge < -0.3 is 24.7 Å². The Balaban J connectivity index is 1.31. The highest BCUT2D eigenvalue weighted by Gasteiger charge is 2.28. The Labute approximate surface area is 200 Å². The normalized spacial score (nSPS) is 16.3. The number of fused-ring (bicyclic) bond motifs is 3. The fraction of sp³-hybridized carbons (Fsp3) is 0.417. The minimum Gasteiger partial charge on any atom is -0.494 e. The van der Waals surface area contributed by atoms with Gasteiger partial charge in [-0.3, -0.25) is 4.90 Å². The number of carbonyl (C=O) groups excluding carboxylic acids is 1. The molecule has 8 nitrogen and oxygen atoms in total. The van der Waals surface area contributed by atoms with Gasteiger partial charge in [0.2, 0.25) is 0 Å². The molecule has 0 radical (unpaired) electrons. The number of methoxy groups -OCH3 is 2. The fourth-order valence-corrected chi connectivity index (χ4v) is 4.59. The summed E-state index contributed by atoms with van der Waals surface area (Å²) in [4.78, 5) is 24.1. The average molecular weight is 489 g/mol. The molecule has 5 rings (SSSR count). The van der Waals surface area contributed by atoms with E-state index in [1.165, 1.54) is 19.1 Å². The van der Waals surface area contributed by atoms with Gasteiger partial charge >= 0.3 is 6.03 Å². The monoisotopic (exact) mass is 489 g/mol. The van der Waals surface area contributed by atoms with Gasteiger partial charge in [0.05, 0.1) is 26.5 Å². The third-order valence-electron chi connectivity index (χ3n) is 6.58. The number of hydrogen-bond donors (Lipinski definition) is 2. The van der Waals surface area contributed by atoms with E-state index in [0.29, 0.717) is 24.4 Å². The fourth-order valence-electron chi connectivity index (χ4n) is 4.59. The summed E-state index contributed by atoms with van der Waals surface area (Å²) in [5.74, 6) is -1.88. The van der Waals surface area contributed by atoms with E-state index >= 15 is 0 Å². The molecular formula is C24H26F3N5O3. The summed E-state index contributed by atoms with van der Waals surface area (Å²) in [6.07, 6.45) is 1.61. The number of aromatic nitrogens is 2. The maximum atomic E-state index is 14.7. The molecule has 0 saturated carbocycles. The number of amides is 2. The van der Waals surface area contributed by atoms with E-state index in [4.69, 9.17) is 9.47 Å². The third kappa shape index (κ3) is 4.36. The molecule has 3 aromatic rings. The molecule has 1 fully saturated rings. The predicted octanol–water partition coefficient (Wildman–Crippen LogP) is 3.64. The molecule has 4 heterocycles. The highest BCUT2D eigenvalue weighted by Crippen LogP contribution is 2.34. The van der Waals surface area contributed by atoms with Crippen LogP contribution in [0.15, 0.2) is 18.3 Å². The molecule has 0 aliphatic carbocycles. The van der Waals surface area contributed by atoms with Crippen molar-refractivity contribution in [2.45, 2.75) is 25.6 Å². The first-order chi connectivity index (χ1) is 16.9. The van der Waals surface area contributed by atoms with Crippen LogP contribution in [0.3, 0.4) is 0 Å². The number of benzene rings is 1. The molecule has 2 aromatic heterocycles. The summed E-state index contributed by atoms with van der Waals surface area (Å²) in [7, 11) is 2.58. The number of pyridine rings is 1. The minimum absolute atomic E-state index is 0.0613. The van der Waals surface area contributed by atoms with Crippen molar-refractivity contribution < 1.29 is 27.4 Å². The van der Waals surface area contributed by atoms with Crippen LogP contribution in [0.25, 0.3) is 11.0 Å². The molecule has 0 atom stereocenters. The summed E-state index contributed by atoms with van der Waals surface area (Å²) in [6.45, 7) is 2.02. The molecule has 35 heavy (non-hydrogen) atoms. The number of H-pyrrole nitrogens is 1. The molecule has 186 valence electrons. The van der Waals surface area contributed by atoms with Gasteiger partial charge in [-0.25, -0.2) is 22.9 Å². The second-order valence-corrected chi connectivity index (χ2v) is 8.81. The largest absolute Gasteiger partial charge is 0.494 e. The highest BCUT2D eigenvalue weighted by molar-refractivity contribution is 6.02. The smallest absolute Gasteiger partial charge is 0.322 e. The lowest BCUT2D eigenvalue weighted by Crippen LogP contribution is -2.48. The van der Waals surface area contributed by atoms with Gasteiger partial charge in [0.25, 0.3) is 0 Å². The predicted molar refractivity (Wildman–Crippen MR) is 124 cm³/mol.